The maximum Gasteiger partial charge on any atom is 0.113 e. The Labute approximate surface area is 117 Å². The fraction of sp³-hybridized carbons (Fsp3) is 0.750. The number of nitrogens with one attached hydrogen (secondary N) is 1. The van der Waals surface area contributed by atoms with Crippen LogP contribution in [0.15, 0.2) is 6.20 Å². The largest absolute Gasteiger partial charge is 0.383 e. The van der Waals surface area contributed by atoms with Gasteiger partial charge in [-0.15, -0.1) is 11.3 Å². The van der Waals surface area contributed by atoms with Crippen molar-refractivity contribution >= 4 is 22.9 Å². The Hall–Kier alpha value is -0.200. The number of thiazole rings is 1. The summed E-state index contributed by atoms with van der Waals surface area (Å²) in [5.74, 6) is 0. The summed E-state index contributed by atoms with van der Waals surface area (Å²) in [5.41, 5.74) is 0. The highest BCUT2D eigenvalue weighted by molar-refractivity contribution is 7.15. The van der Waals surface area contributed by atoms with E-state index in [1.54, 1.807) is 24.6 Å². The zero-order chi connectivity index (χ0) is 12.8. The molecule has 1 fully saturated rings. The average molecular weight is 290 g/mol. The van der Waals surface area contributed by atoms with Gasteiger partial charge < -0.3 is 10.1 Å². The standard InChI is InChI=1S/C12H20ClN3OS/c1-17-6-5-16(8-10-3-2-4-14-10)9-12-15-7-11(13)18-12/h7,10,14H,2-6,8-9H2,1H3. The summed E-state index contributed by atoms with van der Waals surface area (Å²) in [5, 5.41) is 4.61. The van der Waals surface area contributed by atoms with Gasteiger partial charge >= 0.3 is 0 Å². The molecule has 2 rings (SSSR count). The van der Waals surface area contributed by atoms with Crippen molar-refractivity contribution in [3.05, 3.63) is 15.5 Å². The predicted molar refractivity (Wildman–Crippen MR) is 75.3 cm³/mol. The number of halogens is 1. The van der Waals surface area contributed by atoms with Crippen LogP contribution in [0.2, 0.25) is 4.34 Å². The summed E-state index contributed by atoms with van der Waals surface area (Å²) in [6.07, 6.45) is 4.28. The molecular formula is C12H20ClN3OS. The third-order valence-corrected chi connectivity index (χ3v) is 4.24. The average Bonchev–Trinajstić information content (AvgIpc) is 2.98. The second-order valence-electron chi connectivity index (χ2n) is 4.58. The van der Waals surface area contributed by atoms with Gasteiger partial charge in [-0.3, -0.25) is 4.90 Å². The third kappa shape index (κ3) is 4.48. The molecule has 0 spiro atoms. The molecule has 0 saturated carbocycles. The number of hydrogen-bond donors (Lipinski definition) is 1. The van der Waals surface area contributed by atoms with Crippen molar-refractivity contribution < 1.29 is 4.74 Å². The monoisotopic (exact) mass is 289 g/mol. The molecule has 1 aromatic rings. The van der Waals surface area contributed by atoms with Crippen molar-refractivity contribution in [3.63, 3.8) is 0 Å². The van der Waals surface area contributed by atoms with E-state index in [9.17, 15) is 0 Å². The summed E-state index contributed by atoms with van der Waals surface area (Å²) < 4.78 is 5.93. The topological polar surface area (TPSA) is 37.4 Å². The summed E-state index contributed by atoms with van der Waals surface area (Å²) in [4.78, 5) is 6.71. The maximum absolute atomic E-state index is 5.92. The molecule has 1 N–H and O–H groups in total. The van der Waals surface area contributed by atoms with Crippen LogP contribution < -0.4 is 5.32 Å². The molecule has 0 aromatic carbocycles. The molecule has 1 aliphatic rings. The Morgan fingerprint density at radius 3 is 3.17 bits per heavy atom. The van der Waals surface area contributed by atoms with Gasteiger partial charge in [0.2, 0.25) is 0 Å². The van der Waals surface area contributed by atoms with Gasteiger partial charge in [0, 0.05) is 26.2 Å². The van der Waals surface area contributed by atoms with Crippen molar-refractivity contribution in [1.29, 1.82) is 0 Å². The smallest absolute Gasteiger partial charge is 0.113 e. The lowest BCUT2D eigenvalue weighted by molar-refractivity contribution is 0.138. The van der Waals surface area contributed by atoms with E-state index in [2.05, 4.69) is 15.2 Å². The lowest BCUT2D eigenvalue weighted by Crippen LogP contribution is -2.38. The molecule has 1 saturated heterocycles. The number of nitrogens with zero attached hydrogens (tertiary/aromatic N) is 2. The minimum atomic E-state index is 0.609. The van der Waals surface area contributed by atoms with Gasteiger partial charge in [-0.05, 0) is 19.4 Å². The molecule has 102 valence electrons. The van der Waals surface area contributed by atoms with E-state index in [1.165, 1.54) is 12.8 Å². The fourth-order valence-electron chi connectivity index (χ4n) is 2.23. The van der Waals surface area contributed by atoms with Crippen molar-refractivity contribution in [2.75, 3.05) is 33.4 Å². The Morgan fingerprint density at radius 1 is 1.67 bits per heavy atom. The molecule has 1 atom stereocenters. The van der Waals surface area contributed by atoms with E-state index in [4.69, 9.17) is 16.3 Å². The first-order valence-electron chi connectivity index (χ1n) is 6.33. The molecular weight excluding hydrogens is 270 g/mol. The van der Waals surface area contributed by atoms with Crippen molar-refractivity contribution in [1.82, 2.24) is 15.2 Å². The minimum Gasteiger partial charge on any atom is -0.383 e. The fourth-order valence-corrected chi connectivity index (χ4v) is 3.23. The molecule has 0 radical (unpaired) electrons. The van der Waals surface area contributed by atoms with Crippen LogP contribution in [0.1, 0.15) is 17.8 Å². The van der Waals surface area contributed by atoms with E-state index in [1.807, 2.05) is 0 Å². The van der Waals surface area contributed by atoms with E-state index < -0.39 is 0 Å². The van der Waals surface area contributed by atoms with Crippen LogP contribution in [-0.2, 0) is 11.3 Å². The SMILES string of the molecule is COCCN(Cc1ncc(Cl)s1)CC1CCCN1. The van der Waals surface area contributed by atoms with Crippen molar-refractivity contribution in [2.24, 2.45) is 0 Å². The first-order chi connectivity index (χ1) is 8.78. The second kappa shape index (κ2) is 7.40. The van der Waals surface area contributed by atoms with E-state index in [-0.39, 0.29) is 0 Å². The highest BCUT2D eigenvalue weighted by Crippen LogP contribution is 2.20. The Kier molecular flexibility index (Phi) is 5.85. The van der Waals surface area contributed by atoms with Gasteiger partial charge in [-0.25, -0.2) is 4.98 Å². The van der Waals surface area contributed by atoms with E-state index >= 15 is 0 Å². The number of methoxy groups -OCH3 is 1. The molecule has 0 bridgehead atoms. The summed E-state index contributed by atoms with van der Waals surface area (Å²) in [6.45, 7) is 4.75. The molecule has 1 aromatic heterocycles. The van der Waals surface area contributed by atoms with Crippen LogP contribution in [0.5, 0.6) is 0 Å². The zero-order valence-electron chi connectivity index (χ0n) is 10.7. The molecule has 1 unspecified atom stereocenters. The third-order valence-electron chi connectivity index (χ3n) is 3.14. The quantitative estimate of drug-likeness (QED) is 0.833. The lowest BCUT2D eigenvalue weighted by Gasteiger charge is -2.24. The second-order valence-corrected chi connectivity index (χ2v) is 6.33. The van der Waals surface area contributed by atoms with Gasteiger partial charge in [-0.1, -0.05) is 11.6 Å². The Balaban J connectivity index is 1.86. The van der Waals surface area contributed by atoms with Crippen molar-refractivity contribution in [2.45, 2.75) is 25.4 Å². The number of rotatable bonds is 7. The van der Waals surface area contributed by atoms with E-state index in [0.717, 1.165) is 42.1 Å². The molecule has 2 heterocycles. The van der Waals surface area contributed by atoms with Crippen LogP contribution in [0.25, 0.3) is 0 Å². The van der Waals surface area contributed by atoms with Crippen LogP contribution in [0.3, 0.4) is 0 Å². The number of hydrogen-bond acceptors (Lipinski definition) is 5. The summed E-state index contributed by atoms with van der Waals surface area (Å²) in [6, 6.07) is 0.609. The minimum absolute atomic E-state index is 0.609. The number of ether oxygens (including phenoxy) is 1. The molecule has 18 heavy (non-hydrogen) atoms. The first kappa shape index (κ1) is 14.2. The lowest BCUT2D eigenvalue weighted by atomic mass is 10.2. The van der Waals surface area contributed by atoms with Crippen LogP contribution in [0, 0.1) is 0 Å². The van der Waals surface area contributed by atoms with Gasteiger partial charge in [0.05, 0.1) is 19.3 Å². The molecule has 1 aliphatic heterocycles. The van der Waals surface area contributed by atoms with Gasteiger partial charge in [0.15, 0.2) is 0 Å². The van der Waals surface area contributed by atoms with Crippen molar-refractivity contribution in [3.8, 4) is 0 Å². The van der Waals surface area contributed by atoms with Crippen LogP contribution >= 0.6 is 22.9 Å². The molecule has 6 heteroatoms. The van der Waals surface area contributed by atoms with E-state index in [0.29, 0.717) is 6.04 Å². The van der Waals surface area contributed by atoms with Crippen LogP contribution in [0.4, 0.5) is 0 Å². The normalized spacial score (nSPS) is 19.8. The van der Waals surface area contributed by atoms with Gasteiger partial charge in [0.25, 0.3) is 0 Å². The number of aromatic nitrogens is 1. The predicted octanol–water partition coefficient (Wildman–Crippen LogP) is 2.00. The van der Waals surface area contributed by atoms with Gasteiger partial charge in [-0.2, -0.15) is 0 Å². The first-order valence-corrected chi connectivity index (χ1v) is 7.52. The summed E-state index contributed by atoms with van der Waals surface area (Å²) >= 11 is 7.48. The molecule has 0 amide bonds. The Bertz CT molecular complexity index is 355. The zero-order valence-corrected chi connectivity index (χ0v) is 12.3. The Morgan fingerprint density at radius 2 is 2.56 bits per heavy atom. The maximum atomic E-state index is 5.92. The molecule has 0 aliphatic carbocycles. The highest BCUT2D eigenvalue weighted by atomic mass is 35.5. The van der Waals surface area contributed by atoms with Gasteiger partial charge in [0.1, 0.15) is 9.34 Å². The summed E-state index contributed by atoms with van der Waals surface area (Å²) in [7, 11) is 1.74. The van der Waals surface area contributed by atoms with Crippen LogP contribution in [-0.4, -0.2) is 49.3 Å². The molecule has 4 nitrogen and oxygen atoms in total. The highest BCUT2D eigenvalue weighted by Gasteiger charge is 2.18.